The van der Waals surface area contributed by atoms with Crippen molar-refractivity contribution in [3.63, 3.8) is 0 Å². The van der Waals surface area contributed by atoms with Gasteiger partial charge in [-0.3, -0.25) is 0 Å². The first-order chi connectivity index (χ1) is 9.07. The average molecular weight is 314 g/mol. The summed E-state index contributed by atoms with van der Waals surface area (Å²) in [5, 5.41) is 7.96. The normalized spacial score (nSPS) is 14.8. The van der Waals surface area contributed by atoms with Gasteiger partial charge in [-0.1, -0.05) is 0 Å². The van der Waals surface area contributed by atoms with Crippen molar-refractivity contribution in [3.8, 4) is 0 Å². The third kappa shape index (κ3) is 8.62. The van der Waals surface area contributed by atoms with Gasteiger partial charge in [0.05, 0.1) is 0 Å². The molecule has 2 N–H and O–H groups in total. The fourth-order valence-electron chi connectivity index (χ4n) is 1.12. The number of rotatable bonds is 8. The van der Waals surface area contributed by atoms with Crippen LogP contribution in [0.15, 0.2) is 33.5 Å². The van der Waals surface area contributed by atoms with E-state index in [1.165, 1.54) is 0 Å². The van der Waals surface area contributed by atoms with E-state index in [-0.39, 0.29) is 0 Å². The molecule has 0 spiro atoms. The molecule has 0 aliphatic carbocycles. The monoisotopic (exact) mass is 313 g/mol. The van der Waals surface area contributed by atoms with Crippen molar-refractivity contribution in [2.24, 2.45) is 9.98 Å². The van der Waals surface area contributed by atoms with E-state index in [0.717, 1.165) is 33.5 Å². The van der Waals surface area contributed by atoms with E-state index in [4.69, 9.17) is 0 Å². The predicted octanol–water partition coefficient (Wildman–Crippen LogP) is 2.29. The van der Waals surface area contributed by atoms with Crippen molar-refractivity contribution < 1.29 is 15.0 Å². The van der Waals surface area contributed by atoms with Crippen molar-refractivity contribution in [2.75, 3.05) is 28.2 Å². The predicted molar refractivity (Wildman–Crippen MR) is 82.0 cm³/mol. The molecule has 0 unspecified atom stereocenters. The Hall–Kier alpha value is -1.06. The van der Waals surface area contributed by atoms with Gasteiger partial charge in [0, 0.05) is 0 Å². The van der Waals surface area contributed by atoms with E-state index in [9.17, 15) is 0 Å². The van der Waals surface area contributed by atoms with Gasteiger partial charge in [0.2, 0.25) is 0 Å². The van der Waals surface area contributed by atoms with E-state index >= 15 is 0 Å². The third-order valence-electron chi connectivity index (χ3n) is 2.50. The summed E-state index contributed by atoms with van der Waals surface area (Å²) in [6, 6.07) is 0. The summed E-state index contributed by atoms with van der Waals surface area (Å²) in [5.74, 6) is 0. The molecular formula is C14H26CuN4. The van der Waals surface area contributed by atoms with Crippen LogP contribution in [0.4, 0.5) is 0 Å². The van der Waals surface area contributed by atoms with E-state index in [1.54, 1.807) is 0 Å². The second kappa shape index (κ2) is 10.8. The summed E-state index contributed by atoms with van der Waals surface area (Å²) >= 11 is 1.91. The fraction of sp³-hybridized carbons (Fsp3) is 0.571. The molecule has 0 radical (unpaired) electrons. The van der Waals surface area contributed by atoms with Gasteiger partial charge in [0.1, 0.15) is 0 Å². The van der Waals surface area contributed by atoms with Gasteiger partial charge in [0.15, 0.2) is 0 Å². The Morgan fingerprint density at radius 1 is 0.895 bits per heavy atom. The SMILES string of the molecule is CN=C(C=C(C)NC)[CH2][Cu][CH2]C(C=C(C)NC)=NC. The molecule has 0 saturated carbocycles. The zero-order valence-electron chi connectivity index (χ0n) is 12.8. The second-order valence-corrected chi connectivity index (χ2v) is 5.09. The van der Waals surface area contributed by atoms with Crippen molar-refractivity contribution in [1.29, 1.82) is 0 Å². The molecule has 19 heavy (non-hydrogen) atoms. The Labute approximate surface area is 123 Å². The maximum atomic E-state index is 4.28. The minimum atomic E-state index is 0.879. The van der Waals surface area contributed by atoms with E-state index in [0.29, 0.717) is 0 Å². The minimum absolute atomic E-state index is 0.879. The Morgan fingerprint density at radius 2 is 1.26 bits per heavy atom. The summed E-state index contributed by atoms with van der Waals surface area (Å²) < 4.78 is 0. The summed E-state index contributed by atoms with van der Waals surface area (Å²) in [6.45, 7) is 4.07. The topological polar surface area (TPSA) is 48.8 Å². The molecule has 0 aromatic rings. The van der Waals surface area contributed by atoms with E-state index < -0.39 is 0 Å². The molecule has 0 fully saturated rings. The molecule has 5 heteroatoms. The van der Waals surface area contributed by atoms with Crippen LogP contribution in [0.25, 0.3) is 0 Å². The molecular weight excluding hydrogens is 288 g/mol. The molecule has 0 aromatic carbocycles. The Balaban J connectivity index is 4.35. The molecule has 0 amide bonds. The molecule has 0 atom stereocenters. The Bertz CT molecular complexity index is 345. The number of hydrogen-bond acceptors (Lipinski definition) is 4. The standard InChI is InChI=1S/2C7H13N2.Cu/c2*1-6(8-3)5-7(2)9-4;/h2*5,9H,1H2,2-4H3;. The number of nitrogens with one attached hydrogen (secondary N) is 2. The fourth-order valence-corrected chi connectivity index (χ4v) is 2.21. The van der Waals surface area contributed by atoms with E-state index in [2.05, 4.69) is 32.8 Å². The van der Waals surface area contributed by atoms with Crippen LogP contribution >= 0.6 is 0 Å². The molecule has 113 valence electrons. The van der Waals surface area contributed by atoms with Crippen molar-refractivity contribution in [3.05, 3.63) is 23.5 Å². The van der Waals surface area contributed by atoms with Crippen molar-refractivity contribution >= 4 is 11.4 Å². The third-order valence-corrected chi connectivity index (χ3v) is 3.65. The molecule has 0 rings (SSSR count). The van der Waals surface area contributed by atoms with Gasteiger partial charge in [-0.15, -0.1) is 0 Å². The van der Waals surface area contributed by atoms with Crippen LogP contribution in [-0.4, -0.2) is 39.6 Å². The number of hydrogen-bond donors (Lipinski definition) is 2. The quantitative estimate of drug-likeness (QED) is 0.533. The Kier molecular flexibility index (Phi) is 10.2. The zero-order chi connectivity index (χ0) is 14.7. The van der Waals surface area contributed by atoms with E-state index in [1.807, 2.05) is 57.0 Å². The van der Waals surface area contributed by atoms with Gasteiger partial charge in [-0.05, 0) is 0 Å². The van der Waals surface area contributed by atoms with Crippen LogP contribution in [0.3, 0.4) is 0 Å². The number of aliphatic imine (C=N–C) groups is 2. The maximum absolute atomic E-state index is 4.28. The summed E-state index contributed by atoms with van der Waals surface area (Å²) in [7, 11) is 7.48. The van der Waals surface area contributed by atoms with Gasteiger partial charge in [0.25, 0.3) is 0 Å². The first-order valence-electron chi connectivity index (χ1n) is 6.13. The van der Waals surface area contributed by atoms with Crippen LogP contribution in [-0.2, 0) is 15.0 Å². The van der Waals surface area contributed by atoms with Crippen LogP contribution in [0.2, 0.25) is 10.6 Å². The van der Waals surface area contributed by atoms with Crippen LogP contribution in [0.5, 0.6) is 0 Å². The summed E-state index contributed by atoms with van der Waals surface area (Å²) in [5.41, 5.74) is 4.40. The molecule has 4 nitrogen and oxygen atoms in total. The van der Waals surface area contributed by atoms with Crippen molar-refractivity contribution in [1.82, 2.24) is 10.6 Å². The molecule has 0 aliphatic heterocycles. The molecule has 0 bridgehead atoms. The molecule has 0 saturated heterocycles. The van der Waals surface area contributed by atoms with Gasteiger partial charge < -0.3 is 0 Å². The number of allylic oxidation sites excluding steroid dienone is 4. The summed E-state index contributed by atoms with van der Waals surface area (Å²) in [4.78, 5) is 8.57. The first-order valence-corrected chi connectivity index (χ1v) is 7.46. The zero-order valence-corrected chi connectivity index (χ0v) is 13.7. The Morgan fingerprint density at radius 3 is 1.53 bits per heavy atom. The van der Waals surface area contributed by atoms with Crippen molar-refractivity contribution in [2.45, 2.75) is 24.5 Å². The molecule has 0 heterocycles. The van der Waals surface area contributed by atoms with Gasteiger partial charge in [-0.25, -0.2) is 0 Å². The molecule has 0 aliphatic rings. The average Bonchev–Trinajstić information content (AvgIpc) is 2.44. The second-order valence-electron chi connectivity index (χ2n) is 3.95. The van der Waals surface area contributed by atoms with Gasteiger partial charge >= 0.3 is 123 Å². The first kappa shape index (κ1) is 17.9. The summed E-state index contributed by atoms with van der Waals surface area (Å²) in [6.07, 6.45) is 4.14. The van der Waals surface area contributed by atoms with Crippen LogP contribution in [0, 0.1) is 0 Å². The van der Waals surface area contributed by atoms with Crippen LogP contribution in [0.1, 0.15) is 13.8 Å². The number of nitrogens with zero attached hydrogens (tertiary/aromatic N) is 2. The van der Waals surface area contributed by atoms with Gasteiger partial charge in [-0.2, -0.15) is 0 Å². The molecule has 0 aromatic heterocycles. The van der Waals surface area contributed by atoms with Crippen LogP contribution < -0.4 is 10.6 Å².